The molecule has 0 aromatic carbocycles. The maximum absolute atomic E-state index is 4.66. The third kappa shape index (κ3) is 4.39. The van der Waals surface area contributed by atoms with Gasteiger partial charge in [-0.15, -0.1) is 11.3 Å². The van der Waals surface area contributed by atoms with Gasteiger partial charge in [0.1, 0.15) is 5.65 Å². The fraction of sp³-hybridized carbons (Fsp3) is 0.194. The van der Waals surface area contributed by atoms with E-state index >= 15 is 0 Å². The second-order valence-corrected chi connectivity index (χ2v) is 11.0. The van der Waals surface area contributed by atoms with Crippen LogP contribution in [0.25, 0.3) is 49.5 Å². The van der Waals surface area contributed by atoms with Crippen molar-refractivity contribution < 1.29 is 0 Å². The van der Waals surface area contributed by atoms with Crippen LogP contribution in [0.15, 0.2) is 85.5 Å². The quantitative estimate of drug-likeness (QED) is 0.182. The highest BCUT2D eigenvalue weighted by Crippen LogP contribution is 2.36. The molecule has 5 heterocycles. The lowest BCUT2D eigenvalue weighted by Gasteiger charge is -2.28. The normalized spacial score (nSPS) is 14.7. The summed E-state index contributed by atoms with van der Waals surface area (Å²) in [6.07, 6.45) is 13.4. The van der Waals surface area contributed by atoms with E-state index in [1.807, 2.05) is 25.4 Å². The first kappa shape index (κ1) is 24.1. The molecule has 6 nitrogen and oxygen atoms in total. The molecule has 0 bridgehead atoms. The molecule has 7 heteroatoms. The SMILES string of the molecule is C=C/C(=C\C(=C/C)c1cnc2n[nH]c(-c3cc4c(-c5ccc(C)s5)ccnc4[nH]3)c2c1)NC(=C)C1CCC1. The first-order valence-electron chi connectivity index (χ1n) is 12.9. The molecule has 190 valence electrons. The van der Waals surface area contributed by atoms with Gasteiger partial charge in [0.2, 0.25) is 0 Å². The Bertz CT molecular complexity index is 1740. The van der Waals surface area contributed by atoms with Crippen molar-refractivity contribution in [2.45, 2.75) is 33.1 Å². The number of H-pyrrole nitrogens is 2. The van der Waals surface area contributed by atoms with Gasteiger partial charge >= 0.3 is 0 Å². The van der Waals surface area contributed by atoms with E-state index in [0.29, 0.717) is 11.6 Å². The molecule has 0 saturated heterocycles. The smallest absolute Gasteiger partial charge is 0.181 e. The second kappa shape index (κ2) is 9.91. The van der Waals surface area contributed by atoms with Crippen LogP contribution in [-0.4, -0.2) is 25.1 Å². The van der Waals surface area contributed by atoms with E-state index in [1.54, 1.807) is 11.3 Å². The number of fused-ring (bicyclic) bond motifs is 2. The van der Waals surface area contributed by atoms with Gasteiger partial charge in [-0.05, 0) is 80.7 Å². The number of thiophene rings is 1. The standard InChI is InChI=1S/C31H30N6S/c1-5-20(14-23(6-2)34-19(4)21-8-7-9-21)22-15-26-29(36-37-31(26)33-17-22)27-16-25-24(12-13-32-30(25)35-27)28-11-10-18(3)38-28/h5-6,10-17,21,34H,2,4,7-9H2,1,3H3,(H,32,35)(H,33,36,37)/b20-5+,23-14+. The van der Waals surface area contributed by atoms with Crippen molar-refractivity contribution in [1.82, 2.24) is 30.5 Å². The van der Waals surface area contributed by atoms with Crippen molar-refractivity contribution in [3.63, 3.8) is 0 Å². The number of allylic oxidation sites excluding steroid dienone is 5. The molecular formula is C31H30N6S. The van der Waals surface area contributed by atoms with Crippen LogP contribution in [0.4, 0.5) is 0 Å². The van der Waals surface area contributed by atoms with Gasteiger partial charge < -0.3 is 10.3 Å². The van der Waals surface area contributed by atoms with E-state index in [2.05, 4.69) is 93.0 Å². The lowest BCUT2D eigenvalue weighted by Crippen LogP contribution is -2.23. The zero-order chi connectivity index (χ0) is 26.2. The fourth-order valence-electron chi connectivity index (χ4n) is 4.91. The first-order valence-corrected chi connectivity index (χ1v) is 13.7. The molecule has 0 unspecified atom stereocenters. The number of nitrogens with one attached hydrogen (secondary N) is 3. The maximum Gasteiger partial charge on any atom is 0.181 e. The monoisotopic (exact) mass is 518 g/mol. The van der Waals surface area contributed by atoms with Crippen molar-refractivity contribution in [3.8, 4) is 21.8 Å². The molecule has 0 atom stereocenters. The zero-order valence-electron chi connectivity index (χ0n) is 21.6. The van der Waals surface area contributed by atoms with Crippen LogP contribution in [0.3, 0.4) is 0 Å². The minimum Gasteiger partial charge on any atom is -0.359 e. The van der Waals surface area contributed by atoms with Crippen molar-refractivity contribution in [2.75, 3.05) is 0 Å². The molecule has 1 aliphatic rings. The molecule has 0 radical (unpaired) electrons. The van der Waals surface area contributed by atoms with Crippen molar-refractivity contribution >= 4 is 39.0 Å². The van der Waals surface area contributed by atoms with Crippen LogP contribution in [0.1, 0.15) is 36.6 Å². The summed E-state index contributed by atoms with van der Waals surface area (Å²) in [6.45, 7) is 12.4. The predicted octanol–water partition coefficient (Wildman–Crippen LogP) is 7.91. The van der Waals surface area contributed by atoms with Crippen LogP contribution in [0.2, 0.25) is 0 Å². The summed E-state index contributed by atoms with van der Waals surface area (Å²) in [7, 11) is 0. The summed E-state index contributed by atoms with van der Waals surface area (Å²) in [4.78, 5) is 15.3. The number of aryl methyl sites for hydroxylation is 1. The van der Waals surface area contributed by atoms with Gasteiger partial charge in [-0.3, -0.25) is 5.10 Å². The Morgan fingerprint density at radius 3 is 2.74 bits per heavy atom. The number of aromatic nitrogens is 5. The summed E-state index contributed by atoms with van der Waals surface area (Å²) >= 11 is 1.79. The summed E-state index contributed by atoms with van der Waals surface area (Å²) in [5.74, 6) is 0.550. The Balaban J connectivity index is 1.37. The summed E-state index contributed by atoms with van der Waals surface area (Å²) in [5.41, 5.74) is 8.55. The molecule has 6 rings (SSSR count). The van der Waals surface area contributed by atoms with E-state index in [9.17, 15) is 0 Å². The van der Waals surface area contributed by atoms with Gasteiger partial charge in [0, 0.05) is 55.4 Å². The summed E-state index contributed by atoms with van der Waals surface area (Å²) in [5, 5.41) is 13.2. The van der Waals surface area contributed by atoms with E-state index in [1.165, 1.54) is 34.6 Å². The molecule has 1 fully saturated rings. The van der Waals surface area contributed by atoms with Crippen LogP contribution in [-0.2, 0) is 0 Å². The molecule has 0 aliphatic heterocycles. The Morgan fingerprint density at radius 2 is 2.03 bits per heavy atom. The second-order valence-electron chi connectivity index (χ2n) is 9.73. The number of rotatable bonds is 8. The minimum absolute atomic E-state index is 0.550. The average molecular weight is 519 g/mol. The first-order chi connectivity index (χ1) is 18.5. The third-order valence-electron chi connectivity index (χ3n) is 7.29. The molecule has 0 amide bonds. The van der Waals surface area contributed by atoms with Gasteiger partial charge in [0.15, 0.2) is 5.65 Å². The van der Waals surface area contributed by atoms with Crippen molar-refractivity contribution in [2.24, 2.45) is 5.92 Å². The lowest BCUT2D eigenvalue weighted by atomic mass is 9.83. The highest BCUT2D eigenvalue weighted by atomic mass is 32.1. The highest BCUT2D eigenvalue weighted by molar-refractivity contribution is 7.15. The minimum atomic E-state index is 0.550. The Labute approximate surface area is 225 Å². The number of pyridine rings is 2. The van der Waals surface area contributed by atoms with E-state index in [-0.39, 0.29) is 0 Å². The molecular weight excluding hydrogens is 488 g/mol. The molecule has 1 aliphatic carbocycles. The lowest BCUT2D eigenvalue weighted by molar-refractivity contribution is 0.356. The largest absolute Gasteiger partial charge is 0.359 e. The molecule has 0 spiro atoms. The van der Waals surface area contributed by atoms with Gasteiger partial charge in [-0.1, -0.05) is 25.7 Å². The van der Waals surface area contributed by atoms with Crippen LogP contribution >= 0.6 is 11.3 Å². The molecule has 3 N–H and O–H groups in total. The van der Waals surface area contributed by atoms with E-state index in [0.717, 1.165) is 50.3 Å². The number of nitrogens with zero attached hydrogens (tertiary/aromatic N) is 3. The Morgan fingerprint density at radius 1 is 1.16 bits per heavy atom. The molecule has 1 saturated carbocycles. The van der Waals surface area contributed by atoms with Gasteiger partial charge in [-0.25, -0.2) is 9.97 Å². The Hall–Kier alpha value is -4.23. The van der Waals surface area contributed by atoms with E-state index in [4.69, 9.17) is 0 Å². The number of hydrogen-bond acceptors (Lipinski definition) is 5. The highest BCUT2D eigenvalue weighted by Gasteiger charge is 2.21. The van der Waals surface area contributed by atoms with Crippen molar-refractivity contribution in [1.29, 1.82) is 0 Å². The number of hydrogen-bond donors (Lipinski definition) is 3. The topological polar surface area (TPSA) is 82.3 Å². The maximum atomic E-state index is 4.66. The Kier molecular flexibility index (Phi) is 6.29. The van der Waals surface area contributed by atoms with Crippen LogP contribution in [0.5, 0.6) is 0 Å². The molecule has 5 aromatic heterocycles. The van der Waals surface area contributed by atoms with Gasteiger partial charge in [-0.2, -0.15) is 5.10 Å². The summed E-state index contributed by atoms with van der Waals surface area (Å²) in [6, 6.07) is 10.7. The predicted molar refractivity (Wildman–Crippen MR) is 159 cm³/mol. The van der Waals surface area contributed by atoms with Gasteiger partial charge in [0.25, 0.3) is 0 Å². The van der Waals surface area contributed by atoms with Crippen LogP contribution < -0.4 is 5.32 Å². The molecule has 5 aromatic rings. The zero-order valence-corrected chi connectivity index (χ0v) is 22.5. The third-order valence-corrected chi connectivity index (χ3v) is 8.33. The molecule has 38 heavy (non-hydrogen) atoms. The summed E-state index contributed by atoms with van der Waals surface area (Å²) < 4.78 is 0. The van der Waals surface area contributed by atoms with E-state index < -0.39 is 0 Å². The van der Waals surface area contributed by atoms with Crippen LogP contribution in [0, 0.1) is 12.8 Å². The van der Waals surface area contributed by atoms with Crippen molar-refractivity contribution in [3.05, 3.63) is 95.9 Å². The average Bonchev–Trinajstić information content (AvgIpc) is 3.62. The van der Waals surface area contributed by atoms with Gasteiger partial charge in [0.05, 0.1) is 11.4 Å². The number of aromatic amines is 2. The fourth-order valence-corrected chi connectivity index (χ4v) is 5.82.